The summed E-state index contributed by atoms with van der Waals surface area (Å²) in [6.45, 7) is 6.10. The second kappa shape index (κ2) is 8.59. The summed E-state index contributed by atoms with van der Waals surface area (Å²) in [6.07, 6.45) is 1.53. The molecule has 8 heteroatoms. The van der Waals surface area contributed by atoms with Gasteiger partial charge in [0.1, 0.15) is 14.7 Å². The third kappa shape index (κ3) is 4.62. The standard InChI is InChI=1S/C19H23IN2O4Si/c1-4-19(25)15-12-16(20)22(17(23)14(15)13-26-18(19)24)9-7-11-27(2,3)10-6-5-8-21/h12,25H,4-6,9-10,13H2,1-3H3/t19-/m0/s1. The van der Waals surface area contributed by atoms with Crippen LogP contribution < -0.4 is 5.56 Å². The number of halogens is 1. The molecule has 0 unspecified atom stereocenters. The minimum atomic E-state index is -1.77. The Balaban J connectivity index is 2.32. The smallest absolute Gasteiger partial charge is 0.343 e. The number of aromatic nitrogens is 1. The van der Waals surface area contributed by atoms with Gasteiger partial charge in [0.05, 0.1) is 21.9 Å². The number of cyclic esters (lactones) is 1. The molecular weight excluding hydrogens is 475 g/mol. The Morgan fingerprint density at radius 2 is 2.15 bits per heavy atom. The zero-order chi connectivity index (χ0) is 20.2. The van der Waals surface area contributed by atoms with Crippen molar-refractivity contribution in [1.29, 1.82) is 5.26 Å². The van der Waals surface area contributed by atoms with Crippen molar-refractivity contribution in [3.63, 3.8) is 0 Å². The van der Waals surface area contributed by atoms with Gasteiger partial charge in [-0.2, -0.15) is 5.26 Å². The molecule has 0 aliphatic carbocycles. The lowest BCUT2D eigenvalue weighted by Crippen LogP contribution is -2.44. The first-order chi connectivity index (χ1) is 12.7. The second-order valence-corrected chi connectivity index (χ2v) is 12.9. The number of hydrogen-bond acceptors (Lipinski definition) is 5. The van der Waals surface area contributed by atoms with Crippen LogP contribution in [0.2, 0.25) is 19.1 Å². The lowest BCUT2D eigenvalue weighted by Gasteiger charge is -2.31. The fourth-order valence-corrected chi connectivity index (χ4v) is 5.49. The Labute approximate surface area is 173 Å². The molecule has 0 saturated heterocycles. The van der Waals surface area contributed by atoms with Crippen LogP contribution in [0, 0.1) is 26.5 Å². The number of esters is 1. The maximum Gasteiger partial charge on any atom is 0.343 e. The van der Waals surface area contributed by atoms with Crippen molar-refractivity contribution in [2.75, 3.05) is 0 Å². The number of hydrogen-bond donors (Lipinski definition) is 1. The van der Waals surface area contributed by atoms with E-state index in [1.54, 1.807) is 17.6 Å². The summed E-state index contributed by atoms with van der Waals surface area (Å²) in [5.74, 6) is 2.40. The lowest BCUT2D eigenvalue weighted by molar-refractivity contribution is -0.172. The van der Waals surface area contributed by atoms with Gasteiger partial charge in [-0.05, 0) is 47.5 Å². The van der Waals surface area contributed by atoms with E-state index >= 15 is 0 Å². The predicted molar refractivity (Wildman–Crippen MR) is 112 cm³/mol. The van der Waals surface area contributed by atoms with Crippen LogP contribution in [0.15, 0.2) is 10.9 Å². The number of rotatable bonds is 5. The molecule has 2 heterocycles. The van der Waals surface area contributed by atoms with Crippen LogP contribution in [-0.2, 0) is 28.3 Å². The molecule has 1 aromatic rings. The second-order valence-electron chi connectivity index (χ2n) is 7.24. The summed E-state index contributed by atoms with van der Waals surface area (Å²) in [5, 5.41) is 19.3. The third-order valence-corrected chi connectivity index (χ3v) is 8.10. The van der Waals surface area contributed by atoms with Crippen molar-refractivity contribution in [1.82, 2.24) is 4.57 Å². The largest absolute Gasteiger partial charge is 0.458 e. The van der Waals surface area contributed by atoms with E-state index in [4.69, 9.17) is 10.00 Å². The molecule has 0 saturated carbocycles. The zero-order valence-electron chi connectivity index (χ0n) is 15.8. The van der Waals surface area contributed by atoms with Crippen LogP contribution in [0.3, 0.4) is 0 Å². The highest BCUT2D eigenvalue weighted by Gasteiger charge is 2.44. The fraction of sp³-hybridized carbons (Fsp3) is 0.526. The van der Waals surface area contributed by atoms with Gasteiger partial charge in [-0.25, -0.2) is 4.79 Å². The number of aliphatic hydroxyl groups is 1. The first-order valence-electron chi connectivity index (χ1n) is 8.85. The Morgan fingerprint density at radius 3 is 2.78 bits per heavy atom. The molecule has 1 aromatic heterocycles. The minimum absolute atomic E-state index is 0.131. The maximum absolute atomic E-state index is 12.9. The average molecular weight is 498 g/mol. The van der Waals surface area contributed by atoms with Gasteiger partial charge in [0.15, 0.2) is 5.60 Å². The van der Waals surface area contributed by atoms with Crippen LogP contribution in [-0.4, -0.2) is 23.7 Å². The van der Waals surface area contributed by atoms with Crippen LogP contribution >= 0.6 is 22.6 Å². The molecule has 1 N–H and O–H groups in total. The van der Waals surface area contributed by atoms with E-state index in [1.165, 1.54) is 0 Å². The van der Waals surface area contributed by atoms with Crippen LogP contribution in [0.1, 0.15) is 37.3 Å². The average Bonchev–Trinajstić information content (AvgIpc) is 2.61. The van der Waals surface area contributed by atoms with Gasteiger partial charge in [-0.3, -0.25) is 9.36 Å². The van der Waals surface area contributed by atoms with E-state index in [2.05, 4.69) is 30.6 Å². The SMILES string of the molecule is CC[C@@]1(O)C(=O)OCc2c1cc(I)n(CC#C[Si](C)(C)CCCC#N)c2=O. The van der Waals surface area contributed by atoms with Crippen LogP contribution in [0.5, 0.6) is 0 Å². The molecule has 27 heavy (non-hydrogen) atoms. The van der Waals surface area contributed by atoms with Crippen LogP contribution in [0.25, 0.3) is 0 Å². The number of ether oxygens (including phenoxy) is 1. The van der Waals surface area contributed by atoms with Crippen molar-refractivity contribution < 1.29 is 14.6 Å². The monoisotopic (exact) mass is 498 g/mol. The van der Waals surface area contributed by atoms with Gasteiger partial charge in [-0.15, -0.1) is 5.54 Å². The van der Waals surface area contributed by atoms with Gasteiger partial charge >= 0.3 is 5.97 Å². The number of pyridine rings is 1. The molecule has 1 atom stereocenters. The molecule has 1 aliphatic heterocycles. The van der Waals surface area contributed by atoms with E-state index in [-0.39, 0.29) is 25.1 Å². The molecule has 2 rings (SSSR count). The number of nitriles is 1. The Kier molecular flexibility index (Phi) is 6.90. The summed E-state index contributed by atoms with van der Waals surface area (Å²) in [4.78, 5) is 24.9. The molecule has 1 aliphatic rings. The number of unbranched alkanes of at least 4 members (excludes halogenated alkanes) is 1. The number of carbonyl (C=O) groups excluding carboxylic acids is 1. The molecule has 6 nitrogen and oxygen atoms in total. The van der Waals surface area contributed by atoms with Gasteiger partial charge in [0, 0.05) is 12.0 Å². The molecule has 0 spiro atoms. The van der Waals surface area contributed by atoms with Gasteiger partial charge in [0.2, 0.25) is 0 Å². The highest BCUT2D eigenvalue weighted by Crippen LogP contribution is 2.33. The van der Waals surface area contributed by atoms with E-state index < -0.39 is 19.6 Å². The third-order valence-electron chi connectivity index (χ3n) is 4.75. The van der Waals surface area contributed by atoms with Gasteiger partial charge in [-0.1, -0.05) is 25.9 Å². The van der Waals surface area contributed by atoms with E-state index in [0.29, 0.717) is 21.2 Å². The van der Waals surface area contributed by atoms with E-state index in [0.717, 1.165) is 12.5 Å². The Bertz CT molecular complexity index is 907. The van der Waals surface area contributed by atoms with Crippen molar-refractivity contribution in [2.45, 2.75) is 64.1 Å². The molecule has 0 radical (unpaired) electrons. The van der Waals surface area contributed by atoms with E-state index in [9.17, 15) is 14.7 Å². The number of fused-ring (bicyclic) bond motifs is 1. The number of nitrogens with zero attached hydrogens (tertiary/aromatic N) is 2. The summed E-state index contributed by atoms with van der Waals surface area (Å²) in [5.41, 5.74) is 1.91. The molecule has 0 bridgehead atoms. The Hall–Kier alpha value is -1.62. The highest BCUT2D eigenvalue weighted by molar-refractivity contribution is 14.1. The Morgan fingerprint density at radius 1 is 1.44 bits per heavy atom. The van der Waals surface area contributed by atoms with E-state index in [1.807, 2.05) is 22.6 Å². The maximum atomic E-state index is 12.9. The fourth-order valence-electron chi connectivity index (χ4n) is 3.05. The topological polar surface area (TPSA) is 92.3 Å². The summed E-state index contributed by atoms with van der Waals surface area (Å²) in [6, 6.07) is 4.78. The summed E-state index contributed by atoms with van der Waals surface area (Å²) < 4.78 is 7.20. The summed E-state index contributed by atoms with van der Waals surface area (Å²) in [7, 11) is -1.74. The number of carbonyl (C=O) groups is 1. The molecule has 0 fully saturated rings. The normalized spacial score (nSPS) is 18.7. The van der Waals surface area contributed by atoms with Gasteiger partial charge < -0.3 is 9.84 Å². The van der Waals surface area contributed by atoms with Crippen molar-refractivity contribution in [3.05, 3.63) is 31.2 Å². The molecule has 0 aromatic carbocycles. The summed E-state index contributed by atoms with van der Waals surface area (Å²) >= 11 is 2.03. The van der Waals surface area contributed by atoms with Crippen LogP contribution in [0.4, 0.5) is 0 Å². The first kappa shape index (κ1) is 21.7. The quantitative estimate of drug-likeness (QED) is 0.168. The van der Waals surface area contributed by atoms with Crippen molar-refractivity contribution in [3.8, 4) is 17.5 Å². The lowest BCUT2D eigenvalue weighted by atomic mass is 9.87. The molecular formula is C19H23IN2O4Si. The van der Waals surface area contributed by atoms with Gasteiger partial charge in [0.25, 0.3) is 5.56 Å². The molecule has 144 valence electrons. The highest BCUT2D eigenvalue weighted by atomic mass is 127. The zero-order valence-corrected chi connectivity index (χ0v) is 18.9. The van der Waals surface area contributed by atoms with Crippen molar-refractivity contribution >= 4 is 36.6 Å². The predicted octanol–water partition coefficient (Wildman–Crippen LogP) is 2.66. The van der Waals surface area contributed by atoms with Crippen molar-refractivity contribution in [2.24, 2.45) is 0 Å². The molecule has 0 amide bonds. The minimum Gasteiger partial charge on any atom is -0.458 e. The first-order valence-corrected chi connectivity index (χ1v) is 13.1.